The second-order valence-electron chi connectivity index (χ2n) is 5.02. The van der Waals surface area contributed by atoms with Crippen molar-refractivity contribution in [3.63, 3.8) is 0 Å². The van der Waals surface area contributed by atoms with E-state index in [1.54, 1.807) is 7.11 Å². The van der Waals surface area contributed by atoms with Gasteiger partial charge in [-0.25, -0.2) is 0 Å². The number of aliphatic hydroxyl groups is 1. The third-order valence-electron chi connectivity index (χ3n) is 3.14. The van der Waals surface area contributed by atoms with Crippen LogP contribution in [-0.4, -0.2) is 36.8 Å². The van der Waals surface area contributed by atoms with Crippen molar-refractivity contribution in [2.24, 2.45) is 0 Å². The minimum atomic E-state index is -0.289. The predicted molar refractivity (Wildman–Crippen MR) is 79.5 cm³/mol. The molecule has 0 saturated carbocycles. The Morgan fingerprint density at radius 3 is 2.79 bits per heavy atom. The molecule has 0 spiro atoms. The molecule has 1 N–H and O–H groups in total. The molecule has 1 rings (SSSR count). The fraction of sp³-hybridized carbons (Fsp3) is 0.500. The Hall–Kier alpha value is -1.32. The Morgan fingerprint density at radius 2 is 2.21 bits per heavy atom. The van der Waals surface area contributed by atoms with Gasteiger partial charge in [-0.15, -0.1) is 6.58 Å². The number of methoxy groups -OCH3 is 1. The quantitative estimate of drug-likeness (QED) is 0.732. The van der Waals surface area contributed by atoms with E-state index >= 15 is 0 Å². The predicted octanol–water partition coefficient (Wildman–Crippen LogP) is 2.76. The van der Waals surface area contributed by atoms with Crippen LogP contribution in [0.25, 0.3) is 0 Å². The van der Waals surface area contributed by atoms with Crippen LogP contribution in [0.5, 0.6) is 5.75 Å². The number of rotatable bonds is 8. The first-order valence-electron chi connectivity index (χ1n) is 6.67. The van der Waals surface area contributed by atoms with E-state index in [0.29, 0.717) is 6.54 Å². The fourth-order valence-corrected chi connectivity index (χ4v) is 2.18. The lowest BCUT2D eigenvalue weighted by Gasteiger charge is -2.20. The van der Waals surface area contributed by atoms with Gasteiger partial charge in [-0.2, -0.15) is 0 Å². The molecule has 0 aliphatic carbocycles. The van der Waals surface area contributed by atoms with Crippen molar-refractivity contribution in [3.8, 4) is 5.75 Å². The van der Waals surface area contributed by atoms with E-state index in [-0.39, 0.29) is 6.10 Å². The molecule has 0 fully saturated rings. The summed E-state index contributed by atoms with van der Waals surface area (Å²) >= 11 is 0. The number of aliphatic hydroxyl groups excluding tert-OH is 1. The topological polar surface area (TPSA) is 32.7 Å². The minimum absolute atomic E-state index is 0.289. The van der Waals surface area contributed by atoms with Gasteiger partial charge in [-0.05, 0) is 44.0 Å². The normalized spacial score (nSPS) is 12.5. The molecule has 0 aliphatic rings. The van der Waals surface area contributed by atoms with Gasteiger partial charge in [0.2, 0.25) is 0 Å². The van der Waals surface area contributed by atoms with Crippen LogP contribution < -0.4 is 4.74 Å². The van der Waals surface area contributed by atoms with E-state index in [4.69, 9.17) is 4.74 Å². The van der Waals surface area contributed by atoms with E-state index in [1.807, 2.05) is 26.1 Å². The van der Waals surface area contributed by atoms with E-state index in [0.717, 1.165) is 30.7 Å². The number of likely N-dealkylation sites (N-methyl/N-ethyl adjacent to an activating group) is 1. The average molecular weight is 263 g/mol. The number of benzene rings is 1. The molecule has 0 amide bonds. The maximum atomic E-state index is 9.86. The van der Waals surface area contributed by atoms with Crippen LogP contribution in [0.2, 0.25) is 0 Å². The molecule has 0 radical (unpaired) electrons. The SMILES string of the molecule is C=CCCC(O)CN(C)Cc1ccc(OC)c(C)c1. The largest absolute Gasteiger partial charge is 0.496 e. The molecule has 0 aromatic heterocycles. The number of hydrogen-bond donors (Lipinski definition) is 1. The molecule has 106 valence electrons. The van der Waals surface area contributed by atoms with Crippen LogP contribution in [0.1, 0.15) is 24.0 Å². The van der Waals surface area contributed by atoms with Crippen LogP contribution in [0.3, 0.4) is 0 Å². The van der Waals surface area contributed by atoms with Crippen molar-refractivity contribution < 1.29 is 9.84 Å². The first-order valence-corrected chi connectivity index (χ1v) is 6.67. The monoisotopic (exact) mass is 263 g/mol. The highest BCUT2D eigenvalue weighted by Crippen LogP contribution is 2.19. The Kier molecular flexibility index (Phi) is 6.60. The van der Waals surface area contributed by atoms with Crippen molar-refractivity contribution in [2.45, 2.75) is 32.4 Å². The lowest BCUT2D eigenvalue weighted by molar-refractivity contribution is 0.116. The molecule has 0 saturated heterocycles. The van der Waals surface area contributed by atoms with Crippen molar-refractivity contribution >= 4 is 0 Å². The highest BCUT2D eigenvalue weighted by atomic mass is 16.5. The first kappa shape index (κ1) is 15.7. The molecule has 1 atom stereocenters. The summed E-state index contributed by atoms with van der Waals surface area (Å²) in [6.45, 7) is 7.22. The molecule has 1 aromatic rings. The van der Waals surface area contributed by atoms with Crippen molar-refractivity contribution in [1.29, 1.82) is 0 Å². The zero-order chi connectivity index (χ0) is 14.3. The molecule has 1 aromatic carbocycles. The molecule has 3 nitrogen and oxygen atoms in total. The lowest BCUT2D eigenvalue weighted by atomic mass is 10.1. The van der Waals surface area contributed by atoms with Gasteiger partial charge in [0.05, 0.1) is 13.2 Å². The summed E-state index contributed by atoms with van der Waals surface area (Å²) in [4.78, 5) is 2.13. The summed E-state index contributed by atoms with van der Waals surface area (Å²) < 4.78 is 5.25. The van der Waals surface area contributed by atoms with Crippen LogP contribution in [0.15, 0.2) is 30.9 Å². The molecule has 19 heavy (non-hydrogen) atoms. The smallest absolute Gasteiger partial charge is 0.121 e. The van der Waals surface area contributed by atoms with Gasteiger partial charge in [0, 0.05) is 13.1 Å². The van der Waals surface area contributed by atoms with Gasteiger partial charge >= 0.3 is 0 Å². The summed E-state index contributed by atoms with van der Waals surface area (Å²) in [5.41, 5.74) is 2.37. The van der Waals surface area contributed by atoms with E-state index in [9.17, 15) is 5.11 Å². The lowest BCUT2D eigenvalue weighted by Crippen LogP contribution is -2.28. The van der Waals surface area contributed by atoms with Crippen LogP contribution in [-0.2, 0) is 6.54 Å². The summed E-state index contributed by atoms with van der Waals surface area (Å²) in [5, 5.41) is 9.86. The average Bonchev–Trinajstić information content (AvgIpc) is 2.36. The number of aryl methyl sites for hydroxylation is 1. The van der Waals surface area contributed by atoms with Gasteiger partial charge < -0.3 is 9.84 Å². The highest BCUT2D eigenvalue weighted by molar-refractivity contribution is 5.36. The van der Waals surface area contributed by atoms with E-state index < -0.39 is 0 Å². The summed E-state index contributed by atoms with van der Waals surface area (Å²) in [6.07, 6.45) is 3.18. The Bertz CT molecular complexity index is 404. The summed E-state index contributed by atoms with van der Waals surface area (Å²) in [7, 11) is 3.71. The highest BCUT2D eigenvalue weighted by Gasteiger charge is 2.08. The first-order chi connectivity index (χ1) is 9.06. The molecule has 1 unspecified atom stereocenters. The van der Waals surface area contributed by atoms with Crippen molar-refractivity contribution in [2.75, 3.05) is 20.7 Å². The maximum absolute atomic E-state index is 9.86. The standard InChI is InChI=1S/C16H25NO2/c1-5-6-7-15(18)12-17(3)11-14-8-9-16(19-4)13(2)10-14/h5,8-10,15,18H,1,6-7,11-12H2,2-4H3. The second-order valence-corrected chi connectivity index (χ2v) is 5.02. The van der Waals surface area contributed by atoms with Gasteiger partial charge in [-0.1, -0.05) is 18.2 Å². The Labute approximate surface area is 116 Å². The summed E-state index contributed by atoms with van der Waals surface area (Å²) in [5.74, 6) is 0.914. The van der Waals surface area contributed by atoms with Gasteiger partial charge in [0.25, 0.3) is 0 Å². The zero-order valence-electron chi connectivity index (χ0n) is 12.2. The third-order valence-corrected chi connectivity index (χ3v) is 3.14. The molecule has 0 bridgehead atoms. The molecule has 0 aliphatic heterocycles. The van der Waals surface area contributed by atoms with Crippen LogP contribution in [0, 0.1) is 6.92 Å². The Balaban J connectivity index is 2.49. The van der Waals surface area contributed by atoms with Crippen molar-refractivity contribution in [3.05, 3.63) is 42.0 Å². The second kappa shape index (κ2) is 7.97. The van der Waals surface area contributed by atoms with Crippen LogP contribution in [0.4, 0.5) is 0 Å². The molecule has 0 heterocycles. The third kappa shape index (κ3) is 5.45. The van der Waals surface area contributed by atoms with E-state index in [2.05, 4.69) is 23.6 Å². The maximum Gasteiger partial charge on any atom is 0.121 e. The van der Waals surface area contributed by atoms with Gasteiger partial charge in [-0.3, -0.25) is 4.90 Å². The number of nitrogens with zero attached hydrogens (tertiary/aromatic N) is 1. The van der Waals surface area contributed by atoms with Crippen molar-refractivity contribution in [1.82, 2.24) is 4.90 Å². The van der Waals surface area contributed by atoms with Crippen LogP contribution >= 0.6 is 0 Å². The number of allylic oxidation sites excluding steroid dienone is 1. The number of hydrogen-bond acceptors (Lipinski definition) is 3. The zero-order valence-corrected chi connectivity index (χ0v) is 12.2. The minimum Gasteiger partial charge on any atom is -0.496 e. The number of ether oxygens (including phenoxy) is 1. The molecular weight excluding hydrogens is 238 g/mol. The Morgan fingerprint density at radius 1 is 1.47 bits per heavy atom. The van der Waals surface area contributed by atoms with Gasteiger partial charge in [0.15, 0.2) is 0 Å². The van der Waals surface area contributed by atoms with Gasteiger partial charge in [0.1, 0.15) is 5.75 Å². The summed E-state index contributed by atoms with van der Waals surface area (Å²) in [6, 6.07) is 6.19. The molecular formula is C16H25NO2. The fourth-order valence-electron chi connectivity index (χ4n) is 2.18. The molecule has 3 heteroatoms. The van der Waals surface area contributed by atoms with E-state index in [1.165, 1.54) is 5.56 Å².